The van der Waals surface area contributed by atoms with Crippen LogP contribution in [-0.4, -0.2) is 17.5 Å². The lowest BCUT2D eigenvalue weighted by Crippen LogP contribution is -2.09. The Labute approximate surface area is 168 Å². The summed E-state index contributed by atoms with van der Waals surface area (Å²) in [5, 5.41) is 0. The number of hydrogen-bond donors (Lipinski definition) is 0. The molecular weight excluding hydrogens is 370 g/mol. The summed E-state index contributed by atoms with van der Waals surface area (Å²) in [4.78, 5) is 24.2. The molecule has 148 valence electrons. The molecule has 2 aromatic rings. The summed E-state index contributed by atoms with van der Waals surface area (Å²) < 4.78 is 27.1. The summed E-state index contributed by atoms with van der Waals surface area (Å²) >= 11 is 0. The molecule has 0 N–H and O–H groups in total. The SMILES string of the molecule is CC(=O)c1ccc2c(c1)-c1c(ccc3c1CCC3=O)C2CCC1=CCC(F)(F)C1. The second-order valence-corrected chi connectivity index (χ2v) is 8.53. The van der Waals surface area contributed by atoms with E-state index in [1.165, 1.54) is 5.56 Å². The molecule has 0 amide bonds. The summed E-state index contributed by atoms with van der Waals surface area (Å²) in [5.74, 6) is -2.30. The Morgan fingerprint density at radius 3 is 2.62 bits per heavy atom. The molecule has 3 aliphatic rings. The Balaban J connectivity index is 1.56. The van der Waals surface area contributed by atoms with E-state index in [4.69, 9.17) is 0 Å². The van der Waals surface area contributed by atoms with E-state index in [0.29, 0.717) is 18.4 Å². The van der Waals surface area contributed by atoms with Crippen LogP contribution >= 0.6 is 0 Å². The first-order chi connectivity index (χ1) is 13.8. The van der Waals surface area contributed by atoms with Crippen molar-refractivity contribution in [2.24, 2.45) is 0 Å². The molecule has 0 aromatic heterocycles. The number of halogens is 2. The quantitative estimate of drug-likeness (QED) is 0.454. The van der Waals surface area contributed by atoms with Gasteiger partial charge in [0.2, 0.25) is 0 Å². The maximum atomic E-state index is 13.6. The third-order valence-electron chi connectivity index (χ3n) is 6.66. The monoisotopic (exact) mass is 392 g/mol. The molecule has 4 heteroatoms. The van der Waals surface area contributed by atoms with Crippen molar-refractivity contribution in [3.8, 4) is 11.1 Å². The number of allylic oxidation sites excluding steroid dienone is 2. The lowest BCUT2D eigenvalue weighted by molar-refractivity contribution is 0.0135. The van der Waals surface area contributed by atoms with Gasteiger partial charge >= 0.3 is 0 Å². The molecule has 1 atom stereocenters. The average Bonchev–Trinajstić information content (AvgIpc) is 3.32. The van der Waals surface area contributed by atoms with E-state index in [2.05, 4.69) is 0 Å². The minimum absolute atomic E-state index is 0.0137. The molecule has 2 nitrogen and oxygen atoms in total. The zero-order chi connectivity index (χ0) is 20.3. The fraction of sp³-hybridized carbons (Fsp3) is 0.360. The van der Waals surface area contributed by atoms with E-state index < -0.39 is 5.92 Å². The molecule has 0 bridgehead atoms. The minimum Gasteiger partial charge on any atom is -0.295 e. The van der Waals surface area contributed by atoms with Gasteiger partial charge in [-0.05, 0) is 60.1 Å². The number of benzene rings is 2. The smallest absolute Gasteiger partial charge is 0.255 e. The van der Waals surface area contributed by atoms with Gasteiger partial charge in [-0.15, -0.1) is 0 Å². The van der Waals surface area contributed by atoms with Gasteiger partial charge in [-0.25, -0.2) is 8.78 Å². The zero-order valence-corrected chi connectivity index (χ0v) is 16.4. The van der Waals surface area contributed by atoms with Crippen LogP contribution in [-0.2, 0) is 6.42 Å². The van der Waals surface area contributed by atoms with Crippen LogP contribution in [0, 0.1) is 0 Å². The van der Waals surface area contributed by atoms with Crippen LogP contribution in [0.4, 0.5) is 8.78 Å². The summed E-state index contributed by atoms with van der Waals surface area (Å²) in [6, 6.07) is 9.78. The van der Waals surface area contributed by atoms with E-state index in [1.807, 2.05) is 30.3 Å². The highest BCUT2D eigenvalue weighted by molar-refractivity contribution is 6.04. The van der Waals surface area contributed by atoms with Gasteiger partial charge in [0.15, 0.2) is 11.6 Å². The van der Waals surface area contributed by atoms with E-state index >= 15 is 0 Å². The van der Waals surface area contributed by atoms with Gasteiger partial charge in [-0.1, -0.05) is 35.9 Å². The van der Waals surface area contributed by atoms with Gasteiger partial charge in [0.1, 0.15) is 0 Å². The molecular formula is C25H22F2O2. The number of rotatable bonds is 4. The Morgan fingerprint density at radius 2 is 1.90 bits per heavy atom. The summed E-state index contributed by atoms with van der Waals surface area (Å²) in [6.45, 7) is 1.56. The topological polar surface area (TPSA) is 34.1 Å². The van der Waals surface area contributed by atoms with Crippen LogP contribution in [0.3, 0.4) is 0 Å². The normalized spacial score (nSPS) is 21.0. The van der Waals surface area contributed by atoms with Crippen molar-refractivity contribution in [3.63, 3.8) is 0 Å². The maximum absolute atomic E-state index is 13.6. The fourth-order valence-electron chi connectivity index (χ4n) is 5.23. The Kier molecular flexibility index (Phi) is 4.09. The molecule has 2 aromatic carbocycles. The number of alkyl halides is 2. The lowest BCUT2D eigenvalue weighted by atomic mass is 9.89. The predicted octanol–water partition coefficient (Wildman–Crippen LogP) is 6.27. The molecule has 0 saturated carbocycles. The second kappa shape index (κ2) is 6.45. The first kappa shape index (κ1) is 18.4. The molecule has 3 aliphatic carbocycles. The molecule has 0 radical (unpaired) electrons. The molecule has 0 aliphatic heterocycles. The van der Waals surface area contributed by atoms with Gasteiger partial charge in [0.05, 0.1) is 0 Å². The third-order valence-corrected chi connectivity index (χ3v) is 6.66. The van der Waals surface area contributed by atoms with E-state index in [0.717, 1.165) is 46.2 Å². The lowest BCUT2D eigenvalue weighted by Gasteiger charge is -2.15. The maximum Gasteiger partial charge on any atom is 0.255 e. The van der Waals surface area contributed by atoms with Crippen molar-refractivity contribution in [1.29, 1.82) is 0 Å². The standard InChI is InChI=1S/C25H22F2O2/c1-14(28)16-3-5-18-17(4-2-15-10-11-25(26,27)13-15)20-7-6-19-21(8-9-23(19)29)24(20)22(18)12-16/h3,5-7,10,12,17H,2,4,8-9,11,13H2,1H3. The molecule has 0 heterocycles. The summed E-state index contributed by atoms with van der Waals surface area (Å²) in [5.41, 5.74) is 7.82. The van der Waals surface area contributed by atoms with Gasteiger partial charge in [0, 0.05) is 36.3 Å². The highest BCUT2D eigenvalue weighted by Gasteiger charge is 2.37. The van der Waals surface area contributed by atoms with Crippen LogP contribution < -0.4 is 0 Å². The number of hydrogen-bond acceptors (Lipinski definition) is 2. The number of fused-ring (bicyclic) bond motifs is 5. The molecule has 0 spiro atoms. The van der Waals surface area contributed by atoms with Crippen LogP contribution in [0.15, 0.2) is 42.0 Å². The Morgan fingerprint density at radius 1 is 1.10 bits per heavy atom. The van der Waals surface area contributed by atoms with Crippen LogP contribution in [0.5, 0.6) is 0 Å². The van der Waals surface area contributed by atoms with E-state index in [9.17, 15) is 18.4 Å². The highest BCUT2D eigenvalue weighted by atomic mass is 19.3. The van der Waals surface area contributed by atoms with Gasteiger partial charge < -0.3 is 0 Å². The number of carbonyl (C=O) groups is 2. The molecule has 29 heavy (non-hydrogen) atoms. The van der Waals surface area contributed by atoms with Crippen LogP contribution in [0.25, 0.3) is 11.1 Å². The largest absolute Gasteiger partial charge is 0.295 e. The molecule has 0 fully saturated rings. The average molecular weight is 392 g/mol. The van der Waals surface area contributed by atoms with Crippen molar-refractivity contribution in [1.82, 2.24) is 0 Å². The number of ketones is 2. The number of Topliss-reactive ketones (excluding diaryl/α,β-unsaturated/α-hetero) is 2. The van der Waals surface area contributed by atoms with E-state index in [-0.39, 0.29) is 30.3 Å². The van der Waals surface area contributed by atoms with Crippen LogP contribution in [0.1, 0.15) is 82.4 Å². The predicted molar refractivity (Wildman–Crippen MR) is 108 cm³/mol. The first-order valence-electron chi connectivity index (χ1n) is 10.2. The second-order valence-electron chi connectivity index (χ2n) is 8.53. The van der Waals surface area contributed by atoms with Gasteiger partial charge in [-0.3, -0.25) is 9.59 Å². The Hall–Kier alpha value is -2.62. The fourth-order valence-corrected chi connectivity index (χ4v) is 5.23. The van der Waals surface area contributed by atoms with Crippen molar-refractivity contribution >= 4 is 11.6 Å². The third kappa shape index (κ3) is 2.97. The number of carbonyl (C=O) groups excluding carboxylic acids is 2. The van der Waals surface area contributed by atoms with Crippen molar-refractivity contribution in [2.45, 2.75) is 57.3 Å². The van der Waals surface area contributed by atoms with Gasteiger partial charge in [0.25, 0.3) is 5.92 Å². The van der Waals surface area contributed by atoms with Crippen molar-refractivity contribution in [2.75, 3.05) is 0 Å². The minimum atomic E-state index is -2.60. The highest BCUT2D eigenvalue weighted by Crippen LogP contribution is 2.51. The Bertz CT molecular complexity index is 1090. The summed E-state index contributed by atoms with van der Waals surface area (Å²) in [6.07, 6.45) is 4.05. The molecule has 0 saturated heterocycles. The molecule has 5 rings (SSSR count). The van der Waals surface area contributed by atoms with E-state index in [1.54, 1.807) is 13.0 Å². The van der Waals surface area contributed by atoms with Gasteiger partial charge in [-0.2, -0.15) is 0 Å². The van der Waals surface area contributed by atoms with Crippen molar-refractivity contribution < 1.29 is 18.4 Å². The summed E-state index contributed by atoms with van der Waals surface area (Å²) in [7, 11) is 0. The molecule has 1 unspecified atom stereocenters. The zero-order valence-electron chi connectivity index (χ0n) is 16.4. The van der Waals surface area contributed by atoms with Crippen LogP contribution in [0.2, 0.25) is 0 Å². The first-order valence-corrected chi connectivity index (χ1v) is 10.2. The van der Waals surface area contributed by atoms with Crippen molar-refractivity contribution in [3.05, 3.63) is 69.8 Å².